The topological polar surface area (TPSA) is 145 Å². The molecule has 1 saturated heterocycles. The molecule has 12 heteroatoms. The van der Waals surface area contributed by atoms with Crippen LogP contribution in [0.1, 0.15) is 75.0 Å². The van der Waals surface area contributed by atoms with E-state index in [4.69, 9.17) is 4.52 Å². The Bertz CT molecular complexity index is 1690. The van der Waals surface area contributed by atoms with E-state index in [2.05, 4.69) is 16.4 Å². The molecule has 5 rings (SSSR count). The van der Waals surface area contributed by atoms with Crippen molar-refractivity contribution < 1.29 is 18.9 Å². The first-order valence-corrected chi connectivity index (χ1v) is 15.5. The minimum atomic E-state index is -1.06. The highest BCUT2D eigenvalue weighted by Crippen LogP contribution is 2.47. The summed E-state index contributed by atoms with van der Waals surface area (Å²) in [6.07, 6.45) is 2.99. The van der Waals surface area contributed by atoms with Gasteiger partial charge in [-0.15, -0.1) is 0 Å². The van der Waals surface area contributed by atoms with Crippen molar-refractivity contribution in [2.75, 3.05) is 41.3 Å². The summed E-state index contributed by atoms with van der Waals surface area (Å²) < 4.78 is 6.83. The van der Waals surface area contributed by atoms with Gasteiger partial charge >= 0.3 is 5.76 Å². The molecule has 1 unspecified atom stereocenters. The van der Waals surface area contributed by atoms with Crippen molar-refractivity contribution in [3.8, 4) is 6.07 Å². The van der Waals surface area contributed by atoms with E-state index in [0.717, 1.165) is 28.7 Å². The Morgan fingerprint density at radius 1 is 1.04 bits per heavy atom. The Hall–Kier alpha value is -4.76. The van der Waals surface area contributed by atoms with Crippen LogP contribution in [-0.4, -0.2) is 95.5 Å². The molecule has 3 aromatic rings. The lowest BCUT2D eigenvalue weighted by Crippen LogP contribution is -2.46. The average Bonchev–Trinajstić information content (AvgIpc) is 3.62. The van der Waals surface area contributed by atoms with Crippen LogP contribution in [0.4, 0.5) is 0 Å². The van der Waals surface area contributed by atoms with Gasteiger partial charge in [-0.05, 0) is 85.5 Å². The van der Waals surface area contributed by atoms with Crippen LogP contribution in [0.5, 0.6) is 0 Å². The molecule has 1 N–H and O–H groups in total. The van der Waals surface area contributed by atoms with Crippen molar-refractivity contribution in [2.45, 2.75) is 56.5 Å². The van der Waals surface area contributed by atoms with Crippen molar-refractivity contribution in [3.05, 3.63) is 86.2 Å². The Labute approximate surface area is 268 Å². The fourth-order valence-electron chi connectivity index (χ4n) is 6.98. The van der Waals surface area contributed by atoms with Gasteiger partial charge in [0.05, 0.1) is 18.0 Å². The van der Waals surface area contributed by atoms with Crippen molar-refractivity contribution in [1.82, 2.24) is 29.7 Å². The van der Waals surface area contributed by atoms with Gasteiger partial charge < -0.3 is 24.5 Å². The number of aryl methyl sites for hydroxylation is 3. The first kappa shape index (κ1) is 32.6. The minimum absolute atomic E-state index is 0.0411. The second kappa shape index (κ2) is 12.9. The van der Waals surface area contributed by atoms with Gasteiger partial charge in [0.25, 0.3) is 11.8 Å². The normalized spacial score (nSPS) is 17.3. The van der Waals surface area contributed by atoms with Gasteiger partial charge in [-0.3, -0.25) is 14.4 Å². The maximum Gasteiger partial charge on any atom is 0.459 e. The zero-order chi connectivity index (χ0) is 33.3. The number of nitriles is 1. The summed E-state index contributed by atoms with van der Waals surface area (Å²) in [6, 6.07) is 12.8. The first-order chi connectivity index (χ1) is 21.9. The van der Waals surface area contributed by atoms with Crippen LogP contribution in [0.15, 0.2) is 45.7 Å². The average molecular weight is 628 g/mol. The van der Waals surface area contributed by atoms with E-state index < -0.39 is 17.2 Å². The summed E-state index contributed by atoms with van der Waals surface area (Å²) in [7, 11) is 8.47. The van der Waals surface area contributed by atoms with E-state index >= 15 is 0 Å². The summed E-state index contributed by atoms with van der Waals surface area (Å²) in [5.74, 6) is -0.762. The van der Waals surface area contributed by atoms with Crippen LogP contribution >= 0.6 is 0 Å². The van der Waals surface area contributed by atoms with Crippen LogP contribution in [-0.2, 0) is 30.1 Å². The Morgan fingerprint density at radius 2 is 1.61 bits per heavy atom. The maximum absolute atomic E-state index is 13.2. The standard InChI is InChI=1S/C34H41N7O5/c1-21(36-20-29(42)41-15-7-8-26(41)19-35)18-34(32-37-33(45)46-40(32)6)27-13-11-24(30(43)38(2)3)16-22(27)9-10-23-17-25(12-14-28(23)34)31(44)39(4)5/h11-14,16-17,21,26,36H,7-10,15,18,20H2,1-6H3/t21-,26?/m0/s1. The summed E-state index contributed by atoms with van der Waals surface area (Å²) in [4.78, 5) is 61.0. The lowest BCUT2D eigenvalue weighted by Gasteiger charge is -2.37. The van der Waals surface area contributed by atoms with Gasteiger partial charge in [0, 0.05) is 59.0 Å². The fourth-order valence-corrected chi connectivity index (χ4v) is 6.98. The molecule has 12 nitrogen and oxygen atoms in total. The van der Waals surface area contributed by atoms with E-state index in [1.54, 1.807) is 52.3 Å². The number of fused-ring (bicyclic) bond motifs is 2. The molecule has 1 aromatic heterocycles. The van der Waals surface area contributed by atoms with Gasteiger partial charge in [-0.1, -0.05) is 12.1 Å². The molecule has 46 heavy (non-hydrogen) atoms. The molecule has 2 atom stereocenters. The second-order valence-electron chi connectivity index (χ2n) is 12.7. The number of rotatable bonds is 8. The molecule has 0 radical (unpaired) electrons. The van der Waals surface area contributed by atoms with Crippen molar-refractivity contribution >= 4 is 17.7 Å². The molecule has 1 aliphatic carbocycles. The van der Waals surface area contributed by atoms with E-state index in [9.17, 15) is 24.4 Å². The molecule has 0 bridgehead atoms. The minimum Gasteiger partial charge on any atom is -0.345 e. The van der Waals surface area contributed by atoms with Crippen LogP contribution in [0.2, 0.25) is 0 Å². The fraction of sp³-hybridized carbons (Fsp3) is 0.471. The predicted molar refractivity (Wildman–Crippen MR) is 170 cm³/mol. The Kier molecular flexibility index (Phi) is 9.17. The highest BCUT2D eigenvalue weighted by Gasteiger charge is 2.46. The predicted octanol–water partition coefficient (Wildman–Crippen LogP) is 2.09. The molecule has 2 aliphatic rings. The largest absolute Gasteiger partial charge is 0.459 e. The second-order valence-corrected chi connectivity index (χ2v) is 12.7. The van der Waals surface area contributed by atoms with Crippen LogP contribution in [0, 0.1) is 11.3 Å². The number of carbonyl (C=O) groups is 3. The zero-order valence-corrected chi connectivity index (χ0v) is 27.3. The van der Waals surface area contributed by atoms with Gasteiger partial charge in [-0.2, -0.15) is 15.0 Å². The molecule has 3 amide bonds. The highest BCUT2D eigenvalue weighted by atomic mass is 16.5. The number of nitrogens with one attached hydrogen (secondary N) is 1. The monoisotopic (exact) mass is 627 g/mol. The van der Waals surface area contributed by atoms with Crippen molar-refractivity contribution in [1.29, 1.82) is 5.26 Å². The number of amides is 3. The Balaban J connectivity index is 1.67. The van der Waals surface area contributed by atoms with Crippen molar-refractivity contribution in [3.63, 3.8) is 0 Å². The molecular weight excluding hydrogens is 586 g/mol. The Morgan fingerprint density at radius 3 is 2.09 bits per heavy atom. The molecule has 0 spiro atoms. The lowest BCUT2D eigenvalue weighted by molar-refractivity contribution is -0.130. The number of aromatic nitrogens is 2. The first-order valence-electron chi connectivity index (χ1n) is 15.5. The molecule has 1 fully saturated rings. The number of nitrogens with zero attached hydrogens (tertiary/aromatic N) is 6. The SMILES string of the molecule is C[C@@H](CC1(c2nc(=O)on2C)c2ccc(C(=O)N(C)C)cc2CCc2cc(C(=O)N(C)C)ccc21)NCC(=O)N1CCCC1C#N. The summed E-state index contributed by atoms with van der Waals surface area (Å²) in [5.41, 5.74) is 3.57. The molecule has 0 saturated carbocycles. The molecular formula is C34H41N7O5. The lowest BCUT2D eigenvalue weighted by atomic mass is 9.67. The third-order valence-corrected chi connectivity index (χ3v) is 9.13. The summed E-state index contributed by atoms with van der Waals surface area (Å²) in [5, 5.41) is 12.9. The zero-order valence-electron chi connectivity index (χ0n) is 27.3. The maximum atomic E-state index is 13.2. The molecule has 242 valence electrons. The highest BCUT2D eigenvalue weighted by molar-refractivity contribution is 5.95. The summed E-state index contributed by atoms with van der Waals surface area (Å²) in [6.45, 7) is 2.57. The van der Waals surface area contributed by atoms with E-state index in [-0.39, 0.29) is 30.3 Å². The molecule has 2 heterocycles. The number of hydrogen-bond acceptors (Lipinski definition) is 8. The van der Waals surface area contributed by atoms with Gasteiger partial charge in [0.1, 0.15) is 6.04 Å². The van der Waals surface area contributed by atoms with E-state index in [1.807, 2.05) is 31.2 Å². The third-order valence-electron chi connectivity index (χ3n) is 9.13. The molecule has 2 aromatic carbocycles. The van der Waals surface area contributed by atoms with Gasteiger partial charge in [0.2, 0.25) is 5.91 Å². The van der Waals surface area contributed by atoms with Gasteiger partial charge in [0.15, 0.2) is 5.82 Å². The van der Waals surface area contributed by atoms with Crippen LogP contribution in [0.25, 0.3) is 0 Å². The number of hydrogen-bond donors (Lipinski definition) is 1. The number of likely N-dealkylation sites (tertiary alicyclic amines) is 1. The number of benzene rings is 2. The van der Waals surface area contributed by atoms with Crippen molar-refractivity contribution in [2.24, 2.45) is 7.05 Å². The third kappa shape index (κ3) is 5.95. The van der Waals surface area contributed by atoms with E-state index in [1.165, 1.54) is 14.5 Å². The summed E-state index contributed by atoms with van der Waals surface area (Å²) >= 11 is 0. The van der Waals surface area contributed by atoms with E-state index in [0.29, 0.717) is 49.2 Å². The quantitative estimate of drug-likeness (QED) is 0.400. The van der Waals surface area contributed by atoms with Gasteiger partial charge in [-0.25, -0.2) is 4.79 Å². The molecule has 1 aliphatic heterocycles. The van der Waals surface area contributed by atoms with Crippen LogP contribution < -0.4 is 11.1 Å². The number of carbonyl (C=O) groups excluding carboxylic acids is 3. The van der Waals surface area contributed by atoms with Crippen LogP contribution in [0.3, 0.4) is 0 Å². The smallest absolute Gasteiger partial charge is 0.345 e.